The maximum Gasteiger partial charge on any atom is 0.341 e. The molecule has 1 saturated heterocycles. The van der Waals surface area contributed by atoms with E-state index in [1.165, 1.54) is 5.56 Å². The summed E-state index contributed by atoms with van der Waals surface area (Å²) < 4.78 is 10.8. The number of carbonyl (C=O) groups excluding carboxylic acids is 1. The van der Waals surface area contributed by atoms with Crippen LogP contribution >= 0.6 is 0 Å². The number of carbonyl (C=O) groups is 2. The monoisotopic (exact) mass is 383 g/mol. The van der Waals surface area contributed by atoms with Crippen molar-refractivity contribution in [3.8, 4) is 11.5 Å². The van der Waals surface area contributed by atoms with Crippen molar-refractivity contribution in [3.05, 3.63) is 59.2 Å². The largest absolute Gasteiger partial charge is 0.490 e. The standard InChI is InChI=1S/C22H25NO5/c1-3-27-20-13-17(10-11-19(20)28-14-21(24)25)22(26)23-12-4-5-18(23)16-8-6-15(2)7-9-16/h6-11,13,18H,3-5,12,14H2,1-2H3,(H,24,25). The second-order valence-electron chi connectivity index (χ2n) is 6.84. The number of likely N-dealkylation sites (tertiary alicyclic amines) is 1. The highest BCUT2D eigenvalue weighted by atomic mass is 16.5. The molecule has 2 aromatic carbocycles. The summed E-state index contributed by atoms with van der Waals surface area (Å²) in [7, 11) is 0. The Morgan fingerprint density at radius 3 is 2.54 bits per heavy atom. The summed E-state index contributed by atoms with van der Waals surface area (Å²) in [5, 5.41) is 8.81. The quantitative estimate of drug-likeness (QED) is 0.786. The van der Waals surface area contributed by atoms with Crippen LogP contribution in [0.1, 0.15) is 47.3 Å². The van der Waals surface area contributed by atoms with E-state index in [1.807, 2.05) is 18.7 Å². The molecule has 1 N–H and O–H groups in total. The van der Waals surface area contributed by atoms with E-state index in [9.17, 15) is 9.59 Å². The molecular weight excluding hydrogens is 358 g/mol. The molecule has 0 aromatic heterocycles. The molecule has 1 unspecified atom stereocenters. The molecule has 1 fully saturated rings. The topological polar surface area (TPSA) is 76.1 Å². The third kappa shape index (κ3) is 4.44. The molecule has 0 bridgehead atoms. The number of ether oxygens (including phenoxy) is 2. The molecule has 1 aliphatic heterocycles. The highest BCUT2D eigenvalue weighted by molar-refractivity contribution is 5.95. The number of nitrogens with zero attached hydrogens (tertiary/aromatic N) is 1. The summed E-state index contributed by atoms with van der Waals surface area (Å²) in [5.41, 5.74) is 2.84. The first kappa shape index (κ1) is 19.7. The van der Waals surface area contributed by atoms with E-state index in [0.29, 0.717) is 30.2 Å². The van der Waals surface area contributed by atoms with Gasteiger partial charge in [0, 0.05) is 12.1 Å². The third-order valence-electron chi connectivity index (χ3n) is 4.82. The Balaban J connectivity index is 1.83. The average molecular weight is 383 g/mol. The van der Waals surface area contributed by atoms with Gasteiger partial charge in [-0.15, -0.1) is 0 Å². The molecule has 2 aromatic rings. The van der Waals surface area contributed by atoms with Crippen molar-refractivity contribution in [3.63, 3.8) is 0 Å². The fourth-order valence-electron chi connectivity index (χ4n) is 3.48. The smallest absolute Gasteiger partial charge is 0.341 e. The highest BCUT2D eigenvalue weighted by Gasteiger charge is 2.31. The van der Waals surface area contributed by atoms with Crippen molar-refractivity contribution in [1.82, 2.24) is 4.90 Å². The summed E-state index contributed by atoms with van der Waals surface area (Å²) >= 11 is 0. The maximum atomic E-state index is 13.2. The number of hydrogen-bond donors (Lipinski definition) is 1. The molecule has 0 saturated carbocycles. The molecule has 1 aliphatic rings. The van der Waals surface area contributed by atoms with Gasteiger partial charge < -0.3 is 19.5 Å². The van der Waals surface area contributed by atoms with Crippen molar-refractivity contribution >= 4 is 11.9 Å². The Kier molecular flexibility index (Phi) is 6.19. The Labute approximate surface area is 164 Å². The lowest BCUT2D eigenvalue weighted by atomic mass is 10.0. The lowest BCUT2D eigenvalue weighted by Gasteiger charge is -2.25. The Morgan fingerprint density at radius 1 is 1.11 bits per heavy atom. The lowest BCUT2D eigenvalue weighted by molar-refractivity contribution is -0.139. The van der Waals surface area contributed by atoms with Gasteiger partial charge in [0.05, 0.1) is 12.6 Å². The van der Waals surface area contributed by atoms with Crippen LogP contribution in [0.3, 0.4) is 0 Å². The number of aliphatic carboxylic acids is 1. The van der Waals surface area contributed by atoms with Crippen LogP contribution in [0.5, 0.6) is 11.5 Å². The van der Waals surface area contributed by atoms with E-state index >= 15 is 0 Å². The van der Waals surface area contributed by atoms with Gasteiger partial charge in [-0.2, -0.15) is 0 Å². The summed E-state index contributed by atoms with van der Waals surface area (Å²) in [5.74, 6) is -0.438. The second kappa shape index (κ2) is 8.78. The SMILES string of the molecule is CCOc1cc(C(=O)N2CCCC2c2ccc(C)cc2)ccc1OCC(=O)O. The molecule has 0 aliphatic carbocycles. The van der Waals surface area contributed by atoms with Gasteiger partial charge in [0.25, 0.3) is 5.91 Å². The molecule has 1 heterocycles. The van der Waals surface area contributed by atoms with Crippen LogP contribution in [0.25, 0.3) is 0 Å². The molecule has 1 amide bonds. The molecule has 28 heavy (non-hydrogen) atoms. The van der Waals surface area contributed by atoms with Crippen molar-refractivity contribution < 1.29 is 24.2 Å². The lowest BCUT2D eigenvalue weighted by Crippen LogP contribution is -2.30. The van der Waals surface area contributed by atoms with E-state index in [1.54, 1.807) is 18.2 Å². The average Bonchev–Trinajstić information content (AvgIpc) is 3.17. The van der Waals surface area contributed by atoms with Gasteiger partial charge in [-0.1, -0.05) is 29.8 Å². The zero-order valence-electron chi connectivity index (χ0n) is 16.2. The summed E-state index contributed by atoms with van der Waals surface area (Å²) in [6.07, 6.45) is 1.90. The van der Waals surface area contributed by atoms with E-state index in [0.717, 1.165) is 18.4 Å². The van der Waals surface area contributed by atoms with Crippen LogP contribution in [-0.2, 0) is 4.79 Å². The Bertz CT molecular complexity index is 847. The number of hydrogen-bond acceptors (Lipinski definition) is 4. The fraction of sp³-hybridized carbons (Fsp3) is 0.364. The van der Waals surface area contributed by atoms with Crippen molar-refractivity contribution in [1.29, 1.82) is 0 Å². The van der Waals surface area contributed by atoms with Crippen molar-refractivity contribution in [2.45, 2.75) is 32.7 Å². The summed E-state index contributed by atoms with van der Waals surface area (Å²) in [4.78, 5) is 25.8. The second-order valence-corrected chi connectivity index (χ2v) is 6.84. The van der Waals surface area contributed by atoms with Gasteiger partial charge in [0.1, 0.15) is 0 Å². The van der Waals surface area contributed by atoms with E-state index in [-0.39, 0.29) is 11.9 Å². The van der Waals surface area contributed by atoms with Gasteiger partial charge in [0.15, 0.2) is 18.1 Å². The number of amides is 1. The molecule has 0 radical (unpaired) electrons. The molecule has 6 nitrogen and oxygen atoms in total. The molecule has 3 rings (SSSR count). The molecule has 0 spiro atoms. The number of carboxylic acid groups (broad SMARTS) is 1. The zero-order chi connectivity index (χ0) is 20.1. The first-order valence-corrected chi connectivity index (χ1v) is 9.48. The Morgan fingerprint density at radius 2 is 1.86 bits per heavy atom. The molecular formula is C22H25NO5. The summed E-state index contributed by atoms with van der Waals surface area (Å²) in [6.45, 7) is 4.50. The van der Waals surface area contributed by atoms with Crippen LogP contribution in [-0.4, -0.2) is 41.6 Å². The zero-order valence-corrected chi connectivity index (χ0v) is 16.2. The number of carboxylic acids is 1. The number of aryl methyl sites for hydroxylation is 1. The van der Waals surface area contributed by atoms with E-state index in [2.05, 4.69) is 24.3 Å². The fourth-order valence-corrected chi connectivity index (χ4v) is 3.48. The third-order valence-corrected chi connectivity index (χ3v) is 4.82. The van der Waals surface area contributed by atoms with Crippen molar-refractivity contribution in [2.24, 2.45) is 0 Å². The van der Waals surface area contributed by atoms with Crippen molar-refractivity contribution in [2.75, 3.05) is 19.8 Å². The summed E-state index contributed by atoms with van der Waals surface area (Å²) in [6, 6.07) is 13.3. The minimum Gasteiger partial charge on any atom is -0.490 e. The predicted octanol–water partition coefficient (Wildman–Crippen LogP) is 3.83. The Hall–Kier alpha value is -3.02. The normalized spacial score (nSPS) is 16.1. The number of rotatable bonds is 7. The van der Waals surface area contributed by atoms with Gasteiger partial charge in [-0.05, 0) is 50.5 Å². The van der Waals surface area contributed by atoms with Gasteiger partial charge >= 0.3 is 5.97 Å². The van der Waals surface area contributed by atoms with Crippen LogP contribution in [0.15, 0.2) is 42.5 Å². The molecule has 6 heteroatoms. The van der Waals surface area contributed by atoms with Gasteiger partial charge in [0.2, 0.25) is 0 Å². The minimum absolute atomic E-state index is 0.0613. The van der Waals surface area contributed by atoms with Crippen LogP contribution in [0.2, 0.25) is 0 Å². The van der Waals surface area contributed by atoms with Crippen LogP contribution in [0, 0.1) is 6.92 Å². The minimum atomic E-state index is -1.07. The van der Waals surface area contributed by atoms with Crippen LogP contribution < -0.4 is 9.47 Å². The van der Waals surface area contributed by atoms with E-state index < -0.39 is 12.6 Å². The molecule has 1 atom stereocenters. The highest BCUT2D eigenvalue weighted by Crippen LogP contribution is 2.35. The van der Waals surface area contributed by atoms with Gasteiger partial charge in [-0.3, -0.25) is 4.79 Å². The molecule has 148 valence electrons. The van der Waals surface area contributed by atoms with E-state index in [4.69, 9.17) is 14.6 Å². The van der Waals surface area contributed by atoms with Gasteiger partial charge in [-0.25, -0.2) is 4.79 Å². The first-order valence-electron chi connectivity index (χ1n) is 9.48. The maximum absolute atomic E-state index is 13.2. The van der Waals surface area contributed by atoms with Crippen LogP contribution in [0.4, 0.5) is 0 Å². The first-order chi connectivity index (χ1) is 13.5. The predicted molar refractivity (Wildman–Crippen MR) is 105 cm³/mol. The number of benzene rings is 2.